The van der Waals surface area contributed by atoms with Gasteiger partial charge in [-0.25, -0.2) is 9.40 Å². The Hall–Kier alpha value is -2.87. The molecule has 3 heterocycles. The molecule has 0 unspecified atom stereocenters. The fourth-order valence-electron chi connectivity index (χ4n) is 2.92. The van der Waals surface area contributed by atoms with Gasteiger partial charge in [-0.2, -0.15) is 5.10 Å². The average Bonchev–Trinajstić information content (AvgIpc) is 3.40. The fraction of sp³-hybridized carbons (Fsp3) is 0.158. The summed E-state index contributed by atoms with van der Waals surface area (Å²) in [5.41, 5.74) is 0.903. The largest absolute Gasteiger partial charge is 0.467 e. The molecule has 0 aliphatic carbocycles. The van der Waals surface area contributed by atoms with Gasteiger partial charge in [-0.3, -0.25) is 4.79 Å². The number of hydrogen-bond acceptors (Lipinski definition) is 5. The summed E-state index contributed by atoms with van der Waals surface area (Å²) in [6, 6.07) is 11.4. The van der Waals surface area contributed by atoms with Crippen molar-refractivity contribution >= 4 is 33.2 Å². The molecule has 6 nitrogen and oxygen atoms in total. The topological polar surface area (TPSA) is 71.0 Å². The van der Waals surface area contributed by atoms with Crippen LogP contribution in [0.25, 0.3) is 0 Å². The molecule has 0 fully saturated rings. The number of hydrogen-bond donors (Lipinski definition) is 1. The van der Waals surface area contributed by atoms with E-state index in [1.807, 2.05) is 0 Å². The number of nitrogens with one attached hydrogen (secondary N) is 1. The lowest BCUT2D eigenvalue weighted by atomic mass is 10.1. The maximum absolute atomic E-state index is 14.0. The second-order valence-electron chi connectivity index (χ2n) is 5.98. The summed E-state index contributed by atoms with van der Waals surface area (Å²) in [5, 5.41) is 8.61. The number of amides is 1. The first-order valence-electron chi connectivity index (χ1n) is 8.27. The van der Waals surface area contributed by atoms with Crippen LogP contribution in [0.4, 0.5) is 10.1 Å². The molecule has 0 bridgehead atoms. The van der Waals surface area contributed by atoms with E-state index in [0.29, 0.717) is 28.1 Å². The lowest BCUT2D eigenvalue weighted by Gasteiger charge is -2.20. The molecule has 138 valence electrons. The van der Waals surface area contributed by atoms with Crippen molar-refractivity contribution in [1.82, 2.24) is 5.01 Å². The molecule has 1 N–H and O–H groups in total. The summed E-state index contributed by atoms with van der Waals surface area (Å²) in [7, 11) is 0. The van der Waals surface area contributed by atoms with E-state index in [9.17, 15) is 9.18 Å². The van der Waals surface area contributed by atoms with Crippen molar-refractivity contribution < 1.29 is 18.0 Å². The lowest BCUT2D eigenvalue weighted by Crippen LogP contribution is -2.32. The Morgan fingerprint density at radius 3 is 2.78 bits per heavy atom. The summed E-state index contributed by atoms with van der Waals surface area (Å²) in [6.07, 6.45) is 3.58. The molecule has 1 aliphatic heterocycles. The minimum absolute atomic E-state index is 0.106. The first-order chi connectivity index (χ1) is 13.1. The highest BCUT2D eigenvalue weighted by Crippen LogP contribution is 2.33. The normalized spacial score (nSPS) is 16.4. The Kier molecular flexibility index (Phi) is 4.81. The van der Waals surface area contributed by atoms with Crippen LogP contribution < -0.4 is 5.32 Å². The van der Waals surface area contributed by atoms with Crippen LogP contribution in [0.15, 0.2) is 73.4 Å². The zero-order chi connectivity index (χ0) is 18.8. The van der Waals surface area contributed by atoms with Gasteiger partial charge in [0, 0.05) is 10.9 Å². The van der Waals surface area contributed by atoms with Gasteiger partial charge in [-0.1, -0.05) is 15.9 Å². The number of carbonyl (C=O) groups excluding carboxylic acids is 1. The average molecular weight is 432 g/mol. The van der Waals surface area contributed by atoms with E-state index >= 15 is 0 Å². The van der Waals surface area contributed by atoms with Crippen LogP contribution in [0.1, 0.15) is 24.0 Å². The molecule has 0 saturated carbocycles. The molecular formula is C19H15BrFN3O3. The first-order valence-corrected chi connectivity index (χ1v) is 9.07. The molecule has 27 heavy (non-hydrogen) atoms. The van der Waals surface area contributed by atoms with Crippen molar-refractivity contribution in [2.24, 2.45) is 5.10 Å². The summed E-state index contributed by atoms with van der Waals surface area (Å²) in [5.74, 6) is 0.485. The smallest absolute Gasteiger partial charge is 0.262 e. The third-order valence-corrected chi connectivity index (χ3v) is 4.70. The number of nitrogens with zero attached hydrogens (tertiary/aromatic N) is 2. The van der Waals surface area contributed by atoms with Gasteiger partial charge in [-0.05, 0) is 42.5 Å². The minimum Gasteiger partial charge on any atom is -0.467 e. The number of hydrazone groups is 1. The van der Waals surface area contributed by atoms with E-state index in [2.05, 4.69) is 26.3 Å². The van der Waals surface area contributed by atoms with Gasteiger partial charge >= 0.3 is 0 Å². The van der Waals surface area contributed by atoms with Crippen LogP contribution in [-0.2, 0) is 4.79 Å². The van der Waals surface area contributed by atoms with Crippen molar-refractivity contribution in [3.05, 3.63) is 76.8 Å². The van der Waals surface area contributed by atoms with Gasteiger partial charge in [0.05, 0.1) is 24.8 Å². The third kappa shape index (κ3) is 3.66. The zero-order valence-electron chi connectivity index (χ0n) is 14.1. The van der Waals surface area contributed by atoms with Gasteiger partial charge in [0.25, 0.3) is 5.91 Å². The van der Waals surface area contributed by atoms with E-state index in [-0.39, 0.29) is 24.2 Å². The molecule has 4 rings (SSSR count). The van der Waals surface area contributed by atoms with E-state index < -0.39 is 5.82 Å². The van der Waals surface area contributed by atoms with Gasteiger partial charge in [0.15, 0.2) is 0 Å². The molecule has 1 atom stereocenters. The molecule has 2 aromatic heterocycles. The van der Waals surface area contributed by atoms with Gasteiger partial charge in [-0.15, -0.1) is 0 Å². The molecule has 0 spiro atoms. The zero-order valence-corrected chi connectivity index (χ0v) is 15.6. The van der Waals surface area contributed by atoms with Crippen LogP contribution in [0.5, 0.6) is 0 Å². The van der Waals surface area contributed by atoms with Gasteiger partial charge in [0.1, 0.15) is 29.1 Å². The number of furan rings is 2. The Morgan fingerprint density at radius 2 is 2.07 bits per heavy atom. The maximum atomic E-state index is 14.0. The Balaban J connectivity index is 1.53. The van der Waals surface area contributed by atoms with E-state index in [1.54, 1.807) is 48.9 Å². The molecule has 1 amide bonds. The maximum Gasteiger partial charge on any atom is 0.262 e. The van der Waals surface area contributed by atoms with Crippen molar-refractivity contribution in [3.63, 3.8) is 0 Å². The Morgan fingerprint density at radius 1 is 1.26 bits per heavy atom. The number of halogens is 2. The monoisotopic (exact) mass is 431 g/mol. The predicted molar refractivity (Wildman–Crippen MR) is 101 cm³/mol. The summed E-state index contributed by atoms with van der Waals surface area (Å²) in [6.45, 7) is -0.106. The summed E-state index contributed by atoms with van der Waals surface area (Å²) < 4.78 is 25.5. The van der Waals surface area contributed by atoms with Crippen molar-refractivity contribution in [2.75, 3.05) is 11.9 Å². The number of rotatable bonds is 5. The van der Waals surface area contributed by atoms with E-state index in [1.165, 1.54) is 11.1 Å². The highest BCUT2D eigenvalue weighted by molar-refractivity contribution is 9.10. The second-order valence-corrected chi connectivity index (χ2v) is 6.89. The molecule has 0 radical (unpaired) electrons. The second kappa shape index (κ2) is 7.40. The van der Waals surface area contributed by atoms with Crippen LogP contribution in [0.3, 0.4) is 0 Å². The van der Waals surface area contributed by atoms with Crippen LogP contribution >= 0.6 is 15.9 Å². The molecular weight excluding hydrogens is 417 g/mol. The summed E-state index contributed by atoms with van der Waals surface area (Å²) >= 11 is 3.21. The molecule has 3 aromatic rings. The Bertz CT molecular complexity index is 970. The molecule has 1 aromatic carbocycles. The number of carbonyl (C=O) groups is 1. The van der Waals surface area contributed by atoms with Crippen LogP contribution in [0.2, 0.25) is 0 Å². The molecule has 8 heteroatoms. The quantitative estimate of drug-likeness (QED) is 0.642. The van der Waals surface area contributed by atoms with E-state index in [4.69, 9.17) is 8.83 Å². The first kappa shape index (κ1) is 17.5. The van der Waals surface area contributed by atoms with Crippen molar-refractivity contribution in [1.29, 1.82) is 0 Å². The number of benzene rings is 1. The molecule has 0 saturated heterocycles. The van der Waals surface area contributed by atoms with Crippen molar-refractivity contribution in [3.8, 4) is 0 Å². The lowest BCUT2D eigenvalue weighted by molar-refractivity contribution is -0.131. The molecule has 1 aliphatic rings. The van der Waals surface area contributed by atoms with Gasteiger partial charge in [0.2, 0.25) is 0 Å². The van der Waals surface area contributed by atoms with Crippen molar-refractivity contribution in [2.45, 2.75) is 12.5 Å². The predicted octanol–water partition coefficient (Wildman–Crippen LogP) is 4.56. The highest BCUT2D eigenvalue weighted by Gasteiger charge is 2.35. The van der Waals surface area contributed by atoms with Crippen LogP contribution in [-0.4, -0.2) is 23.2 Å². The number of anilines is 1. The SMILES string of the molecule is O=C(CNc1ccc(Br)cc1F)N1N=C(c2ccco2)C[C@@H]1c1ccco1. The van der Waals surface area contributed by atoms with Gasteiger partial charge < -0.3 is 14.2 Å². The minimum atomic E-state index is -0.444. The van der Waals surface area contributed by atoms with Crippen LogP contribution in [0, 0.1) is 5.82 Å². The fourth-order valence-corrected chi connectivity index (χ4v) is 3.25. The third-order valence-electron chi connectivity index (χ3n) is 4.20. The highest BCUT2D eigenvalue weighted by atomic mass is 79.9. The Labute approximate surface area is 162 Å². The van der Waals surface area contributed by atoms with E-state index in [0.717, 1.165) is 0 Å². The standard InChI is InChI=1S/C19H15BrFN3O3/c20-12-5-6-14(13(21)9-12)22-11-19(25)24-16(18-4-2-8-27-18)10-15(23-24)17-3-1-7-26-17/h1-9,16,22H,10-11H2/t16-/m1/s1. The summed E-state index contributed by atoms with van der Waals surface area (Å²) in [4.78, 5) is 12.8.